The van der Waals surface area contributed by atoms with Gasteiger partial charge in [0.2, 0.25) is 5.62 Å². The van der Waals surface area contributed by atoms with Crippen LogP contribution in [-0.4, -0.2) is 14.9 Å². The molecule has 0 saturated heterocycles. The number of aromatic nitrogens is 2. The van der Waals surface area contributed by atoms with Crippen molar-refractivity contribution in [2.75, 3.05) is 0 Å². The summed E-state index contributed by atoms with van der Waals surface area (Å²) in [5.41, 5.74) is 5.27. The number of nitrogens with one attached hydrogen (secondary N) is 1. The second-order valence-electron chi connectivity index (χ2n) is 8.33. The number of ketones is 1. The third-order valence-corrected chi connectivity index (χ3v) is 6.08. The van der Waals surface area contributed by atoms with Gasteiger partial charge in [-0.2, -0.15) is 0 Å². The van der Waals surface area contributed by atoms with Crippen LogP contribution in [0.2, 0.25) is 0 Å². The van der Waals surface area contributed by atoms with Crippen LogP contribution >= 0.6 is 0 Å². The third kappa shape index (κ3) is 4.75. The van der Waals surface area contributed by atoms with Gasteiger partial charge in [-0.3, -0.25) is 10.2 Å². The molecule has 4 aromatic rings. The number of benzene rings is 3. The highest BCUT2D eigenvalue weighted by molar-refractivity contribution is 5.97. The SMILES string of the molecule is CCCCCCCn1c(=N)n(CC(=O)c2ccc(-c3ccccc3)cc2)c2ccccc21. The molecule has 0 aliphatic rings. The number of para-hydroxylation sites is 2. The minimum Gasteiger partial charge on any atom is -0.310 e. The molecule has 0 radical (unpaired) electrons. The Morgan fingerprint density at radius 1 is 0.719 bits per heavy atom. The number of aryl methyl sites for hydroxylation is 1. The van der Waals surface area contributed by atoms with E-state index in [1.807, 2.05) is 69.8 Å². The van der Waals surface area contributed by atoms with Crippen LogP contribution in [0.5, 0.6) is 0 Å². The van der Waals surface area contributed by atoms with Crippen molar-refractivity contribution in [2.45, 2.75) is 52.1 Å². The van der Waals surface area contributed by atoms with Crippen molar-refractivity contribution in [3.63, 3.8) is 0 Å². The molecule has 4 rings (SSSR count). The zero-order valence-corrected chi connectivity index (χ0v) is 18.8. The Morgan fingerprint density at radius 3 is 2.00 bits per heavy atom. The molecule has 4 heteroatoms. The molecule has 0 saturated carbocycles. The van der Waals surface area contributed by atoms with Crippen LogP contribution < -0.4 is 5.62 Å². The van der Waals surface area contributed by atoms with E-state index in [1.165, 1.54) is 25.7 Å². The summed E-state index contributed by atoms with van der Waals surface area (Å²) < 4.78 is 3.89. The van der Waals surface area contributed by atoms with Crippen molar-refractivity contribution in [1.82, 2.24) is 9.13 Å². The lowest BCUT2D eigenvalue weighted by Crippen LogP contribution is -2.27. The highest BCUT2D eigenvalue weighted by atomic mass is 16.1. The summed E-state index contributed by atoms with van der Waals surface area (Å²) in [6, 6.07) is 26.0. The van der Waals surface area contributed by atoms with Crippen molar-refractivity contribution in [2.24, 2.45) is 0 Å². The number of nitrogens with zero attached hydrogens (tertiary/aromatic N) is 2. The first kappa shape index (κ1) is 21.8. The molecule has 0 aliphatic carbocycles. The number of fused-ring (bicyclic) bond motifs is 1. The van der Waals surface area contributed by atoms with Crippen molar-refractivity contribution in [1.29, 1.82) is 5.41 Å². The van der Waals surface area contributed by atoms with Crippen LogP contribution in [0, 0.1) is 5.41 Å². The van der Waals surface area contributed by atoms with Crippen molar-refractivity contribution in [3.8, 4) is 11.1 Å². The number of hydrogen-bond acceptors (Lipinski definition) is 2. The zero-order valence-electron chi connectivity index (χ0n) is 18.8. The zero-order chi connectivity index (χ0) is 22.3. The maximum absolute atomic E-state index is 13.1. The molecular formula is C28H31N3O. The van der Waals surface area contributed by atoms with Gasteiger partial charge in [0, 0.05) is 12.1 Å². The molecule has 0 aliphatic heterocycles. The highest BCUT2D eigenvalue weighted by Crippen LogP contribution is 2.20. The smallest absolute Gasteiger partial charge is 0.203 e. The average molecular weight is 426 g/mol. The van der Waals surface area contributed by atoms with Crippen LogP contribution in [0.15, 0.2) is 78.9 Å². The maximum atomic E-state index is 13.1. The van der Waals surface area contributed by atoms with Gasteiger partial charge in [0.15, 0.2) is 5.78 Å². The Hall–Kier alpha value is -3.40. The van der Waals surface area contributed by atoms with Gasteiger partial charge in [-0.1, -0.05) is 99.3 Å². The van der Waals surface area contributed by atoms with Crippen molar-refractivity contribution < 1.29 is 4.79 Å². The van der Waals surface area contributed by atoms with Gasteiger partial charge >= 0.3 is 0 Å². The van der Waals surface area contributed by atoms with E-state index in [4.69, 9.17) is 5.41 Å². The fraction of sp³-hybridized carbons (Fsp3) is 0.286. The van der Waals surface area contributed by atoms with E-state index in [0.29, 0.717) is 11.2 Å². The summed E-state index contributed by atoms with van der Waals surface area (Å²) in [6.45, 7) is 3.21. The molecule has 0 fully saturated rings. The van der Waals surface area contributed by atoms with Gasteiger partial charge in [0.05, 0.1) is 17.6 Å². The van der Waals surface area contributed by atoms with Gasteiger partial charge in [-0.05, 0) is 29.7 Å². The van der Waals surface area contributed by atoms with E-state index in [-0.39, 0.29) is 12.3 Å². The molecule has 0 spiro atoms. The molecule has 0 unspecified atom stereocenters. The summed E-state index contributed by atoms with van der Waals surface area (Å²) in [6.07, 6.45) is 5.95. The Labute approximate surface area is 189 Å². The molecule has 0 bridgehead atoms. The number of imidazole rings is 1. The van der Waals surface area contributed by atoms with Gasteiger partial charge < -0.3 is 9.13 Å². The quantitative estimate of drug-likeness (QED) is 0.231. The number of hydrogen-bond donors (Lipinski definition) is 1. The molecule has 1 aromatic heterocycles. The number of rotatable bonds is 10. The van der Waals surface area contributed by atoms with Gasteiger partial charge in [0.25, 0.3) is 0 Å². The molecular weight excluding hydrogens is 394 g/mol. The number of unbranched alkanes of at least 4 members (excludes halogenated alkanes) is 4. The predicted molar refractivity (Wildman–Crippen MR) is 131 cm³/mol. The first-order valence-corrected chi connectivity index (χ1v) is 11.6. The van der Waals surface area contributed by atoms with Gasteiger partial charge in [-0.15, -0.1) is 0 Å². The van der Waals surface area contributed by atoms with E-state index in [1.54, 1.807) is 0 Å². The summed E-state index contributed by atoms with van der Waals surface area (Å²) in [5, 5.41) is 8.77. The van der Waals surface area contributed by atoms with Crippen LogP contribution in [0.1, 0.15) is 49.4 Å². The fourth-order valence-electron chi connectivity index (χ4n) is 4.27. The van der Waals surface area contributed by atoms with Gasteiger partial charge in [-0.25, -0.2) is 0 Å². The molecule has 1 heterocycles. The standard InChI is InChI=1S/C28H31N3O/c1-2-3-4-5-11-20-30-25-14-9-10-15-26(25)31(28(30)29)21-27(32)24-18-16-23(17-19-24)22-12-7-6-8-13-22/h6-10,12-19,29H,2-5,11,20-21H2,1H3. The lowest BCUT2D eigenvalue weighted by molar-refractivity contribution is 0.0971. The Kier molecular flexibility index (Phi) is 7.00. The minimum atomic E-state index is 0.0222. The molecule has 164 valence electrons. The molecule has 1 N–H and O–H groups in total. The lowest BCUT2D eigenvalue weighted by Gasteiger charge is -2.07. The molecule has 4 nitrogen and oxygen atoms in total. The topological polar surface area (TPSA) is 50.8 Å². The van der Waals surface area contributed by atoms with Crippen molar-refractivity contribution in [3.05, 3.63) is 90.0 Å². The second-order valence-corrected chi connectivity index (χ2v) is 8.33. The number of Topliss-reactive ketones (excluding diaryl/α,β-unsaturated/α-hetero) is 1. The number of carbonyl (C=O) groups is 1. The summed E-state index contributed by atoms with van der Waals surface area (Å²) in [7, 11) is 0. The monoisotopic (exact) mass is 425 g/mol. The van der Waals surface area contributed by atoms with Crippen LogP contribution in [0.4, 0.5) is 0 Å². The molecule has 0 amide bonds. The van der Waals surface area contributed by atoms with Crippen LogP contribution in [-0.2, 0) is 13.1 Å². The summed E-state index contributed by atoms with van der Waals surface area (Å²) in [5.74, 6) is 0.0222. The van der Waals surface area contributed by atoms with E-state index in [2.05, 4.69) is 25.1 Å². The molecule has 0 atom stereocenters. The van der Waals surface area contributed by atoms with E-state index >= 15 is 0 Å². The predicted octanol–water partition coefficient (Wildman–Crippen LogP) is 6.44. The fourth-order valence-corrected chi connectivity index (χ4v) is 4.27. The van der Waals surface area contributed by atoms with Crippen LogP contribution in [0.3, 0.4) is 0 Å². The van der Waals surface area contributed by atoms with E-state index in [9.17, 15) is 4.79 Å². The maximum Gasteiger partial charge on any atom is 0.203 e. The Bertz CT molecular complexity index is 1230. The van der Waals surface area contributed by atoms with Gasteiger partial charge in [0.1, 0.15) is 0 Å². The average Bonchev–Trinajstić information content (AvgIpc) is 3.10. The molecule has 3 aromatic carbocycles. The summed E-state index contributed by atoms with van der Waals surface area (Å²) >= 11 is 0. The Morgan fingerprint density at radius 2 is 1.31 bits per heavy atom. The third-order valence-electron chi connectivity index (χ3n) is 6.08. The second kappa shape index (κ2) is 10.3. The largest absolute Gasteiger partial charge is 0.310 e. The minimum absolute atomic E-state index is 0.0222. The van der Waals surface area contributed by atoms with E-state index in [0.717, 1.165) is 35.1 Å². The normalized spacial score (nSPS) is 11.2. The number of carbonyl (C=O) groups excluding carboxylic acids is 1. The molecule has 32 heavy (non-hydrogen) atoms. The lowest BCUT2D eigenvalue weighted by atomic mass is 10.0. The van der Waals surface area contributed by atoms with Crippen molar-refractivity contribution >= 4 is 16.8 Å². The first-order valence-electron chi connectivity index (χ1n) is 11.6. The highest BCUT2D eigenvalue weighted by Gasteiger charge is 2.14. The Balaban J connectivity index is 1.54. The first-order chi connectivity index (χ1) is 15.7. The van der Waals surface area contributed by atoms with Crippen LogP contribution in [0.25, 0.3) is 22.2 Å². The van der Waals surface area contributed by atoms with E-state index < -0.39 is 0 Å². The summed E-state index contributed by atoms with van der Waals surface area (Å²) in [4.78, 5) is 13.1.